The smallest absolute Gasteiger partial charge is 0.311 e. The van der Waals surface area contributed by atoms with Crippen LogP contribution < -0.4 is 10.6 Å². The van der Waals surface area contributed by atoms with Crippen LogP contribution in [0.2, 0.25) is 0 Å². The fourth-order valence-corrected chi connectivity index (χ4v) is 1.99. The first-order valence-electron chi connectivity index (χ1n) is 5.26. The van der Waals surface area contributed by atoms with Gasteiger partial charge in [-0.15, -0.1) is 12.4 Å². The van der Waals surface area contributed by atoms with Crippen LogP contribution in [0.25, 0.3) is 0 Å². The Labute approximate surface area is 105 Å². The molecule has 0 spiro atoms. The number of hydrogen-bond donors (Lipinski definition) is 1. The van der Waals surface area contributed by atoms with Crippen molar-refractivity contribution in [1.82, 2.24) is 4.98 Å². The number of nitrogens with two attached hydrogens (primary N) is 1. The van der Waals surface area contributed by atoms with Crippen molar-refractivity contribution in [3.8, 4) is 0 Å². The van der Waals surface area contributed by atoms with Crippen LogP contribution in [0.5, 0.6) is 0 Å². The Morgan fingerprint density at radius 2 is 2.41 bits per heavy atom. The summed E-state index contributed by atoms with van der Waals surface area (Å²) in [5.41, 5.74) is 5.66. The van der Waals surface area contributed by atoms with E-state index in [0.29, 0.717) is 18.3 Å². The summed E-state index contributed by atoms with van der Waals surface area (Å²) >= 11 is 0. The van der Waals surface area contributed by atoms with Gasteiger partial charge in [0.05, 0.1) is 4.92 Å². The minimum absolute atomic E-state index is 0. The standard InChI is InChI=1S/C10H14N4O2.ClH/c11-6-8-3-5-13(7-8)10-9(14(15)16)2-1-4-12-10;/h1-2,4,8H,3,5-7,11H2;1H. The van der Waals surface area contributed by atoms with Gasteiger partial charge in [0.25, 0.3) is 0 Å². The van der Waals surface area contributed by atoms with Gasteiger partial charge in [-0.05, 0) is 24.9 Å². The van der Waals surface area contributed by atoms with E-state index in [9.17, 15) is 10.1 Å². The van der Waals surface area contributed by atoms with E-state index in [2.05, 4.69) is 4.98 Å². The molecule has 1 unspecified atom stereocenters. The molecule has 0 amide bonds. The molecule has 1 aromatic heterocycles. The molecule has 1 atom stereocenters. The van der Waals surface area contributed by atoms with Crippen LogP contribution in [0.15, 0.2) is 18.3 Å². The summed E-state index contributed by atoms with van der Waals surface area (Å²) in [6.07, 6.45) is 2.56. The molecule has 1 aliphatic rings. The van der Waals surface area contributed by atoms with Crippen molar-refractivity contribution in [3.63, 3.8) is 0 Å². The number of nitrogens with zero attached hydrogens (tertiary/aromatic N) is 3. The third-order valence-electron chi connectivity index (χ3n) is 2.88. The average Bonchev–Trinajstić information content (AvgIpc) is 2.77. The Morgan fingerprint density at radius 1 is 1.65 bits per heavy atom. The predicted octanol–water partition coefficient (Wildman–Crippen LogP) is 1.20. The molecule has 1 saturated heterocycles. The Balaban J connectivity index is 0.00000144. The highest BCUT2D eigenvalue weighted by Crippen LogP contribution is 2.29. The number of hydrogen-bond acceptors (Lipinski definition) is 5. The van der Waals surface area contributed by atoms with Crippen LogP contribution in [0.3, 0.4) is 0 Å². The molecule has 1 fully saturated rings. The highest BCUT2D eigenvalue weighted by molar-refractivity contribution is 5.85. The van der Waals surface area contributed by atoms with Gasteiger partial charge in [-0.1, -0.05) is 0 Å². The summed E-state index contributed by atoms with van der Waals surface area (Å²) in [5, 5.41) is 10.8. The summed E-state index contributed by atoms with van der Waals surface area (Å²) in [5.74, 6) is 0.880. The van der Waals surface area contributed by atoms with Crippen molar-refractivity contribution >= 4 is 23.9 Å². The van der Waals surface area contributed by atoms with Gasteiger partial charge in [0.2, 0.25) is 5.82 Å². The van der Waals surface area contributed by atoms with Gasteiger partial charge in [-0.3, -0.25) is 10.1 Å². The van der Waals surface area contributed by atoms with Gasteiger partial charge in [0, 0.05) is 25.4 Å². The molecule has 2 rings (SSSR count). The maximum absolute atomic E-state index is 10.8. The van der Waals surface area contributed by atoms with Crippen LogP contribution in [0.1, 0.15) is 6.42 Å². The zero-order chi connectivity index (χ0) is 11.5. The van der Waals surface area contributed by atoms with Gasteiger partial charge >= 0.3 is 5.69 Å². The molecule has 2 N–H and O–H groups in total. The first kappa shape index (κ1) is 13.7. The van der Waals surface area contributed by atoms with Gasteiger partial charge in [0.15, 0.2) is 0 Å². The molecule has 0 aromatic carbocycles. The third-order valence-corrected chi connectivity index (χ3v) is 2.88. The summed E-state index contributed by atoms with van der Waals surface area (Å²) in [4.78, 5) is 16.5. The molecule has 94 valence electrons. The molecule has 7 heteroatoms. The molecule has 0 radical (unpaired) electrons. The third kappa shape index (κ3) is 2.83. The summed E-state index contributed by atoms with van der Waals surface area (Å²) < 4.78 is 0. The number of anilines is 1. The lowest BCUT2D eigenvalue weighted by Crippen LogP contribution is -2.24. The van der Waals surface area contributed by atoms with Crippen molar-refractivity contribution in [1.29, 1.82) is 0 Å². The lowest BCUT2D eigenvalue weighted by Gasteiger charge is -2.16. The zero-order valence-electron chi connectivity index (χ0n) is 9.28. The first-order valence-corrected chi connectivity index (χ1v) is 5.26. The Morgan fingerprint density at radius 3 is 3.00 bits per heavy atom. The van der Waals surface area contributed by atoms with E-state index in [1.807, 2.05) is 4.90 Å². The first-order chi connectivity index (χ1) is 7.72. The molecule has 1 aromatic rings. The van der Waals surface area contributed by atoms with Crippen molar-refractivity contribution in [3.05, 3.63) is 28.4 Å². The van der Waals surface area contributed by atoms with Crippen LogP contribution in [-0.4, -0.2) is 29.5 Å². The van der Waals surface area contributed by atoms with Crippen molar-refractivity contribution in [2.24, 2.45) is 11.7 Å². The number of rotatable bonds is 3. The molecule has 1 aliphatic heterocycles. The van der Waals surface area contributed by atoms with E-state index in [0.717, 1.165) is 19.5 Å². The number of halogens is 1. The molecule has 0 bridgehead atoms. The molecular weight excluding hydrogens is 244 g/mol. The largest absolute Gasteiger partial charge is 0.351 e. The van der Waals surface area contributed by atoms with Gasteiger partial charge in [-0.2, -0.15) is 0 Å². The van der Waals surface area contributed by atoms with E-state index in [-0.39, 0.29) is 18.1 Å². The minimum atomic E-state index is -0.391. The fraction of sp³-hybridized carbons (Fsp3) is 0.500. The second-order valence-corrected chi connectivity index (χ2v) is 3.94. The van der Waals surface area contributed by atoms with Crippen molar-refractivity contribution in [2.75, 3.05) is 24.5 Å². The molecule has 6 nitrogen and oxygen atoms in total. The average molecular weight is 259 g/mol. The van der Waals surface area contributed by atoms with E-state index >= 15 is 0 Å². The van der Waals surface area contributed by atoms with Crippen LogP contribution >= 0.6 is 12.4 Å². The molecule has 17 heavy (non-hydrogen) atoms. The van der Waals surface area contributed by atoms with Crippen LogP contribution in [-0.2, 0) is 0 Å². The predicted molar refractivity (Wildman–Crippen MR) is 67.5 cm³/mol. The molecular formula is C10H15ClN4O2. The number of aromatic nitrogens is 1. The molecule has 2 heterocycles. The SMILES string of the molecule is Cl.NCC1CCN(c2ncccc2[N+](=O)[O-])C1. The Kier molecular flexibility index (Phi) is 4.65. The van der Waals surface area contributed by atoms with E-state index in [1.165, 1.54) is 6.07 Å². The highest BCUT2D eigenvalue weighted by Gasteiger charge is 2.27. The zero-order valence-corrected chi connectivity index (χ0v) is 10.1. The van der Waals surface area contributed by atoms with Crippen molar-refractivity contribution < 1.29 is 4.92 Å². The maximum atomic E-state index is 10.8. The number of pyridine rings is 1. The van der Waals surface area contributed by atoms with Crippen LogP contribution in [0, 0.1) is 16.0 Å². The molecule has 0 aliphatic carbocycles. The number of nitro groups is 1. The maximum Gasteiger partial charge on any atom is 0.311 e. The van der Waals surface area contributed by atoms with E-state index in [4.69, 9.17) is 5.73 Å². The monoisotopic (exact) mass is 258 g/mol. The quantitative estimate of drug-likeness (QED) is 0.650. The van der Waals surface area contributed by atoms with Crippen LogP contribution in [0.4, 0.5) is 11.5 Å². The lowest BCUT2D eigenvalue weighted by atomic mass is 10.1. The van der Waals surface area contributed by atoms with E-state index in [1.54, 1.807) is 12.3 Å². The second kappa shape index (κ2) is 5.79. The molecule has 0 saturated carbocycles. The van der Waals surface area contributed by atoms with E-state index < -0.39 is 4.92 Å². The fourth-order valence-electron chi connectivity index (χ4n) is 1.99. The normalized spacial score (nSPS) is 18.9. The lowest BCUT2D eigenvalue weighted by molar-refractivity contribution is -0.384. The summed E-state index contributed by atoms with van der Waals surface area (Å²) in [6.45, 7) is 2.17. The topological polar surface area (TPSA) is 85.3 Å². The van der Waals surface area contributed by atoms with Gasteiger partial charge in [-0.25, -0.2) is 4.98 Å². The highest BCUT2D eigenvalue weighted by atomic mass is 35.5. The Hall–Kier alpha value is -1.40. The Bertz CT molecular complexity index is 402. The van der Waals surface area contributed by atoms with Crippen molar-refractivity contribution in [2.45, 2.75) is 6.42 Å². The summed E-state index contributed by atoms with van der Waals surface area (Å²) in [6, 6.07) is 3.07. The van der Waals surface area contributed by atoms with Gasteiger partial charge < -0.3 is 10.6 Å². The summed E-state index contributed by atoms with van der Waals surface area (Å²) in [7, 11) is 0. The van der Waals surface area contributed by atoms with Gasteiger partial charge in [0.1, 0.15) is 0 Å². The second-order valence-electron chi connectivity index (χ2n) is 3.94. The minimum Gasteiger partial charge on any atom is -0.351 e.